The SMILES string of the molecule is OCCC12CO[C@H](c3ccccc3C(F)(F)F)N1[C@H](c1ccccc1C(F)(F)F)OC2. The molecule has 2 heterocycles. The van der Waals surface area contributed by atoms with Crippen molar-refractivity contribution in [2.45, 2.75) is 36.8 Å². The van der Waals surface area contributed by atoms with E-state index in [0.717, 1.165) is 12.1 Å². The quantitative estimate of drug-likeness (QED) is 0.677. The first-order chi connectivity index (χ1) is 14.6. The van der Waals surface area contributed by atoms with Crippen LogP contribution >= 0.6 is 0 Å². The molecule has 2 aromatic carbocycles. The molecule has 10 heteroatoms. The molecule has 2 fully saturated rings. The zero-order valence-electron chi connectivity index (χ0n) is 16.1. The van der Waals surface area contributed by atoms with E-state index >= 15 is 0 Å². The van der Waals surface area contributed by atoms with Gasteiger partial charge < -0.3 is 14.6 Å². The van der Waals surface area contributed by atoms with Gasteiger partial charge >= 0.3 is 12.4 Å². The van der Waals surface area contributed by atoms with Crippen LogP contribution in [0.1, 0.15) is 41.1 Å². The average Bonchev–Trinajstić information content (AvgIpc) is 3.24. The fourth-order valence-electron chi connectivity index (χ4n) is 4.34. The van der Waals surface area contributed by atoms with Crippen LogP contribution in [-0.4, -0.2) is 35.4 Å². The summed E-state index contributed by atoms with van der Waals surface area (Å²) in [7, 11) is 0. The third kappa shape index (κ3) is 3.82. The van der Waals surface area contributed by atoms with Crippen molar-refractivity contribution in [1.82, 2.24) is 4.90 Å². The van der Waals surface area contributed by atoms with Crippen molar-refractivity contribution in [3.63, 3.8) is 0 Å². The van der Waals surface area contributed by atoms with Crippen molar-refractivity contribution < 1.29 is 40.9 Å². The van der Waals surface area contributed by atoms with Crippen molar-refractivity contribution in [2.75, 3.05) is 19.8 Å². The predicted octanol–water partition coefficient (Wildman–Crippen LogP) is 4.91. The molecule has 0 saturated carbocycles. The summed E-state index contributed by atoms with van der Waals surface area (Å²) in [6.45, 7) is -0.505. The van der Waals surface area contributed by atoms with Crippen LogP contribution in [0.25, 0.3) is 0 Å². The minimum atomic E-state index is -4.68. The molecule has 0 bridgehead atoms. The highest BCUT2D eigenvalue weighted by Gasteiger charge is 2.58. The number of fused-ring (bicyclic) bond motifs is 1. The van der Waals surface area contributed by atoms with Crippen LogP contribution in [-0.2, 0) is 21.8 Å². The second-order valence-corrected chi connectivity index (χ2v) is 7.60. The Bertz CT molecular complexity index is 876. The van der Waals surface area contributed by atoms with Crippen LogP contribution in [0.15, 0.2) is 48.5 Å². The monoisotopic (exact) mass is 447 g/mol. The van der Waals surface area contributed by atoms with Crippen molar-refractivity contribution in [2.24, 2.45) is 0 Å². The third-order valence-electron chi connectivity index (χ3n) is 5.71. The molecule has 0 aromatic heterocycles. The molecule has 1 unspecified atom stereocenters. The summed E-state index contributed by atoms with van der Waals surface area (Å²) in [6, 6.07) is 9.59. The van der Waals surface area contributed by atoms with E-state index in [9.17, 15) is 31.4 Å². The number of nitrogens with zero attached hydrogens (tertiary/aromatic N) is 1. The number of aliphatic hydroxyl groups excluding tert-OH is 1. The standard InChI is InChI=1S/C21H19F6NO3/c22-20(23,24)15-7-3-1-5-13(15)17-28-18(31-12-19(28,9-10-29)11-30-17)14-6-2-4-8-16(14)21(25,26)27/h1-8,17-18,29H,9-12H2/t17-,18+,19?. The molecule has 2 aliphatic rings. The van der Waals surface area contributed by atoms with Gasteiger partial charge in [0.2, 0.25) is 0 Å². The van der Waals surface area contributed by atoms with Gasteiger partial charge in [0, 0.05) is 17.7 Å². The molecule has 4 nitrogen and oxygen atoms in total. The summed E-state index contributed by atoms with van der Waals surface area (Å²) in [6.07, 6.45) is -11.9. The normalized spacial score (nSPS) is 26.9. The number of alkyl halides is 6. The van der Waals surface area contributed by atoms with Crippen LogP contribution in [0.2, 0.25) is 0 Å². The number of benzene rings is 2. The van der Waals surface area contributed by atoms with E-state index in [-0.39, 0.29) is 37.4 Å². The summed E-state index contributed by atoms with van der Waals surface area (Å²) in [5, 5.41) is 9.55. The minimum absolute atomic E-state index is 0.0718. The number of rotatable bonds is 4. The van der Waals surface area contributed by atoms with E-state index < -0.39 is 41.5 Å². The summed E-state index contributed by atoms with van der Waals surface area (Å²) < 4.78 is 93.3. The van der Waals surface area contributed by atoms with E-state index in [1.165, 1.54) is 41.3 Å². The third-order valence-corrected chi connectivity index (χ3v) is 5.71. The molecule has 0 aliphatic carbocycles. The lowest BCUT2D eigenvalue weighted by atomic mass is 9.94. The van der Waals surface area contributed by atoms with Crippen LogP contribution in [0, 0.1) is 0 Å². The second kappa shape index (κ2) is 7.77. The zero-order valence-corrected chi connectivity index (χ0v) is 16.1. The predicted molar refractivity (Wildman–Crippen MR) is 96.5 cm³/mol. The van der Waals surface area contributed by atoms with Gasteiger partial charge in [0.1, 0.15) is 12.5 Å². The lowest BCUT2D eigenvalue weighted by Gasteiger charge is -2.35. The highest BCUT2D eigenvalue weighted by atomic mass is 19.4. The number of aliphatic hydroxyl groups is 1. The molecule has 2 saturated heterocycles. The van der Waals surface area contributed by atoms with Gasteiger partial charge in [0.05, 0.1) is 29.9 Å². The largest absolute Gasteiger partial charge is 0.416 e. The van der Waals surface area contributed by atoms with Gasteiger partial charge in [-0.05, 0) is 18.6 Å². The van der Waals surface area contributed by atoms with E-state index in [2.05, 4.69) is 0 Å². The minimum Gasteiger partial charge on any atom is -0.396 e. The van der Waals surface area contributed by atoms with Crippen LogP contribution in [0.4, 0.5) is 26.3 Å². The molecule has 0 amide bonds. The van der Waals surface area contributed by atoms with E-state index in [4.69, 9.17) is 9.47 Å². The highest BCUT2D eigenvalue weighted by Crippen LogP contribution is 2.53. The molecule has 168 valence electrons. The molecule has 2 aliphatic heterocycles. The second-order valence-electron chi connectivity index (χ2n) is 7.60. The van der Waals surface area contributed by atoms with Gasteiger partial charge in [-0.2, -0.15) is 26.3 Å². The molecule has 0 radical (unpaired) electrons. The average molecular weight is 447 g/mol. The Balaban J connectivity index is 1.84. The first-order valence-corrected chi connectivity index (χ1v) is 9.53. The van der Waals surface area contributed by atoms with Crippen LogP contribution in [0.5, 0.6) is 0 Å². The molecule has 31 heavy (non-hydrogen) atoms. The van der Waals surface area contributed by atoms with Gasteiger partial charge in [0.15, 0.2) is 0 Å². The molecule has 1 N–H and O–H groups in total. The Morgan fingerprint density at radius 1 is 0.806 bits per heavy atom. The van der Waals surface area contributed by atoms with Crippen LogP contribution < -0.4 is 0 Å². The maximum absolute atomic E-state index is 13.6. The number of hydrogen-bond acceptors (Lipinski definition) is 4. The fraction of sp³-hybridized carbons (Fsp3) is 0.429. The Hall–Kier alpha value is -2.14. The van der Waals surface area contributed by atoms with E-state index in [1.807, 2.05) is 0 Å². The van der Waals surface area contributed by atoms with Crippen molar-refractivity contribution >= 4 is 0 Å². The Labute approximate surface area is 174 Å². The molecular weight excluding hydrogens is 428 g/mol. The fourth-order valence-corrected chi connectivity index (χ4v) is 4.34. The van der Waals surface area contributed by atoms with Crippen molar-refractivity contribution in [3.05, 3.63) is 70.8 Å². The molecule has 4 rings (SSSR count). The van der Waals surface area contributed by atoms with Crippen LogP contribution in [0.3, 0.4) is 0 Å². The van der Waals surface area contributed by atoms with Gasteiger partial charge in [-0.3, -0.25) is 0 Å². The Kier molecular flexibility index (Phi) is 5.53. The summed E-state index contributed by atoms with van der Waals surface area (Å²) >= 11 is 0. The molecule has 2 aromatic rings. The lowest BCUT2D eigenvalue weighted by molar-refractivity contribution is -0.143. The lowest BCUT2D eigenvalue weighted by Crippen LogP contribution is -2.45. The Morgan fingerprint density at radius 2 is 1.23 bits per heavy atom. The summed E-state index contributed by atoms with van der Waals surface area (Å²) in [5.74, 6) is 0. The first-order valence-electron chi connectivity index (χ1n) is 9.53. The molecule has 0 spiro atoms. The smallest absolute Gasteiger partial charge is 0.396 e. The Morgan fingerprint density at radius 3 is 1.61 bits per heavy atom. The highest BCUT2D eigenvalue weighted by molar-refractivity contribution is 5.36. The topological polar surface area (TPSA) is 41.9 Å². The van der Waals surface area contributed by atoms with Crippen molar-refractivity contribution in [3.8, 4) is 0 Å². The molecular formula is C21H19F6NO3. The number of halogens is 6. The van der Waals surface area contributed by atoms with Crippen molar-refractivity contribution in [1.29, 1.82) is 0 Å². The first kappa shape index (κ1) is 22.1. The van der Waals surface area contributed by atoms with Gasteiger partial charge in [-0.15, -0.1) is 0 Å². The maximum Gasteiger partial charge on any atom is 0.416 e. The molecule has 3 atom stereocenters. The van der Waals surface area contributed by atoms with E-state index in [0.29, 0.717) is 0 Å². The number of ether oxygens (including phenoxy) is 2. The summed E-state index contributed by atoms with van der Waals surface area (Å²) in [4.78, 5) is 1.40. The maximum atomic E-state index is 13.6. The van der Waals surface area contributed by atoms with Gasteiger partial charge in [0.25, 0.3) is 0 Å². The number of hydrogen-bond donors (Lipinski definition) is 1. The van der Waals surface area contributed by atoms with Gasteiger partial charge in [-0.1, -0.05) is 36.4 Å². The van der Waals surface area contributed by atoms with Gasteiger partial charge in [-0.25, -0.2) is 4.90 Å². The van der Waals surface area contributed by atoms with E-state index in [1.54, 1.807) is 0 Å². The summed E-state index contributed by atoms with van der Waals surface area (Å²) in [5.41, 5.74) is -3.35. The zero-order chi connectivity index (χ0) is 22.4.